The van der Waals surface area contributed by atoms with Crippen LogP contribution in [-0.4, -0.2) is 17.3 Å². The Morgan fingerprint density at radius 2 is 2.19 bits per heavy atom. The number of H-pyrrole nitrogens is 1. The molecule has 0 aliphatic carbocycles. The third kappa shape index (κ3) is 1.60. The van der Waals surface area contributed by atoms with Gasteiger partial charge in [0.1, 0.15) is 5.82 Å². The van der Waals surface area contributed by atoms with E-state index in [2.05, 4.69) is 10.2 Å². The Labute approximate surface area is 92.2 Å². The van der Waals surface area contributed by atoms with Crippen LogP contribution in [0.15, 0.2) is 18.2 Å². The predicted molar refractivity (Wildman–Crippen MR) is 59.7 cm³/mol. The van der Waals surface area contributed by atoms with Crippen LogP contribution in [0.3, 0.4) is 0 Å². The molecule has 0 unspecified atom stereocenters. The third-order valence-electron chi connectivity index (χ3n) is 2.39. The van der Waals surface area contributed by atoms with Gasteiger partial charge in [-0.1, -0.05) is 6.07 Å². The van der Waals surface area contributed by atoms with Crippen molar-refractivity contribution in [1.29, 1.82) is 0 Å². The van der Waals surface area contributed by atoms with Gasteiger partial charge in [-0.3, -0.25) is 5.10 Å². The average Bonchev–Trinajstić information content (AvgIpc) is 2.67. The number of ether oxygens (including phenoxy) is 1. The number of rotatable bonds is 2. The zero-order valence-corrected chi connectivity index (χ0v) is 9.04. The molecule has 16 heavy (non-hydrogen) atoms. The maximum absolute atomic E-state index is 13.5. The fourth-order valence-electron chi connectivity index (χ4n) is 1.66. The van der Waals surface area contributed by atoms with Gasteiger partial charge in [0.2, 0.25) is 0 Å². The largest absolute Gasteiger partial charge is 0.493 e. The molecule has 1 heterocycles. The van der Waals surface area contributed by atoms with Gasteiger partial charge in [0.15, 0.2) is 11.6 Å². The molecule has 2 rings (SSSR count). The van der Waals surface area contributed by atoms with E-state index in [-0.39, 0.29) is 5.75 Å². The lowest BCUT2D eigenvalue weighted by atomic mass is 10.0. The van der Waals surface area contributed by atoms with E-state index in [9.17, 15) is 4.39 Å². The van der Waals surface area contributed by atoms with Crippen molar-refractivity contribution >= 4 is 5.82 Å². The van der Waals surface area contributed by atoms with Gasteiger partial charge in [-0.25, -0.2) is 4.39 Å². The van der Waals surface area contributed by atoms with E-state index in [0.29, 0.717) is 17.1 Å². The standard InChI is InChI=1S/C11H12FN3O/c1-6-3-4-7(12)11(16-2)10(6)8-5-9(13)15-14-8/h3-5H,1-2H3,(H3,13,14,15). The van der Waals surface area contributed by atoms with Crippen molar-refractivity contribution in [3.8, 4) is 17.0 Å². The van der Waals surface area contributed by atoms with Crippen LogP contribution in [0.4, 0.5) is 10.2 Å². The highest BCUT2D eigenvalue weighted by Crippen LogP contribution is 2.34. The number of hydrogen-bond donors (Lipinski definition) is 2. The van der Waals surface area contributed by atoms with Crippen molar-refractivity contribution in [2.24, 2.45) is 0 Å². The van der Waals surface area contributed by atoms with E-state index in [1.807, 2.05) is 6.92 Å². The van der Waals surface area contributed by atoms with Crippen molar-refractivity contribution < 1.29 is 9.13 Å². The summed E-state index contributed by atoms with van der Waals surface area (Å²) >= 11 is 0. The van der Waals surface area contributed by atoms with E-state index in [0.717, 1.165) is 5.56 Å². The number of nitrogen functional groups attached to an aromatic ring is 1. The maximum Gasteiger partial charge on any atom is 0.165 e. The summed E-state index contributed by atoms with van der Waals surface area (Å²) in [5.41, 5.74) is 7.70. The molecule has 0 atom stereocenters. The molecule has 0 aliphatic rings. The van der Waals surface area contributed by atoms with Crippen molar-refractivity contribution in [3.05, 3.63) is 29.6 Å². The summed E-state index contributed by atoms with van der Waals surface area (Å²) in [6.45, 7) is 1.87. The highest BCUT2D eigenvalue weighted by molar-refractivity contribution is 5.72. The summed E-state index contributed by atoms with van der Waals surface area (Å²) < 4.78 is 18.6. The molecule has 0 radical (unpaired) electrons. The predicted octanol–water partition coefficient (Wildman–Crippen LogP) is 2.12. The number of nitrogens with one attached hydrogen (secondary N) is 1. The maximum atomic E-state index is 13.5. The molecule has 5 heteroatoms. The number of benzene rings is 1. The van der Waals surface area contributed by atoms with Crippen molar-refractivity contribution in [2.75, 3.05) is 12.8 Å². The molecule has 0 amide bonds. The first kappa shape index (κ1) is 10.5. The zero-order chi connectivity index (χ0) is 11.7. The number of aromatic nitrogens is 2. The number of hydrogen-bond acceptors (Lipinski definition) is 3. The quantitative estimate of drug-likeness (QED) is 0.816. The normalized spacial score (nSPS) is 10.4. The second-order valence-electron chi connectivity index (χ2n) is 3.48. The van der Waals surface area contributed by atoms with Gasteiger partial charge in [0.05, 0.1) is 12.8 Å². The number of anilines is 1. The van der Waals surface area contributed by atoms with Crippen molar-refractivity contribution in [3.63, 3.8) is 0 Å². The fraction of sp³-hybridized carbons (Fsp3) is 0.182. The molecule has 1 aromatic carbocycles. The SMILES string of the molecule is COc1c(F)ccc(C)c1-c1cc(N)n[nH]1. The number of nitrogens with zero attached hydrogens (tertiary/aromatic N) is 1. The summed E-state index contributed by atoms with van der Waals surface area (Å²) in [6, 6.07) is 4.70. The van der Waals surface area contributed by atoms with Gasteiger partial charge in [-0.05, 0) is 18.6 Å². The van der Waals surface area contributed by atoms with E-state index in [1.54, 1.807) is 12.1 Å². The molecule has 84 valence electrons. The Morgan fingerprint density at radius 3 is 2.75 bits per heavy atom. The minimum atomic E-state index is -0.406. The smallest absolute Gasteiger partial charge is 0.165 e. The van der Waals surface area contributed by atoms with Crippen LogP contribution >= 0.6 is 0 Å². The topological polar surface area (TPSA) is 63.9 Å². The van der Waals surface area contributed by atoms with Gasteiger partial charge < -0.3 is 10.5 Å². The lowest BCUT2D eigenvalue weighted by molar-refractivity contribution is 0.388. The van der Waals surface area contributed by atoms with Gasteiger partial charge in [-0.2, -0.15) is 5.10 Å². The van der Waals surface area contributed by atoms with Crippen LogP contribution in [0.25, 0.3) is 11.3 Å². The fourth-order valence-corrected chi connectivity index (χ4v) is 1.66. The Hall–Kier alpha value is -2.04. The van der Waals surface area contributed by atoms with Crippen LogP contribution in [0.1, 0.15) is 5.56 Å². The molecule has 4 nitrogen and oxygen atoms in total. The van der Waals surface area contributed by atoms with Gasteiger partial charge in [-0.15, -0.1) is 0 Å². The van der Waals surface area contributed by atoms with Gasteiger partial charge >= 0.3 is 0 Å². The average molecular weight is 221 g/mol. The van der Waals surface area contributed by atoms with Crippen molar-refractivity contribution in [1.82, 2.24) is 10.2 Å². The lowest BCUT2D eigenvalue weighted by Crippen LogP contribution is -1.95. The van der Waals surface area contributed by atoms with E-state index in [4.69, 9.17) is 10.5 Å². The van der Waals surface area contributed by atoms with E-state index in [1.165, 1.54) is 13.2 Å². The molecule has 3 N–H and O–H groups in total. The van der Waals surface area contributed by atoms with E-state index >= 15 is 0 Å². The van der Waals surface area contributed by atoms with Crippen LogP contribution in [-0.2, 0) is 0 Å². The number of aryl methyl sites for hydroxylation is 1. The number of methoxy groups -OCH3 is 1. The first-order valence-corrected chi connectivity index (χ1v) is 4.78. The van der Waals surface area contributed by atoms with Gasteiger partial charge in [0.25, 0.3) is 0 Å². The molecule has 0 aliphatic heterocycles. The zero-order valence-electron chi connectivity index (χ0n) is 9.04. The molecule has 1 aromatic heterocycles. The molecular formula is C11H12FN3O. The molecule has 2 aromatic rings. The molecule has 0 bridgehead atoms. The Bertz CT molecular complexity index is 522. The summed E-state index contributed by atoms with van der Waals surface area (Å²) in [6.07, 6.45) is 0. The molecular weight excluding hydrogens is 209 g/mol. The summed E-state index contributed by atoms with van der Waals surface area (Å²) in [5.74, 6) is 0.153. The first-order valence-electron chi connectivity index (χ1n) is 4.78. The monoisotopic (exact) mass is 221 g/mol. The van der Waals surface area contributed by atoms with Crippen LogP contribution in [0.2, 0.25) is 0 Å². The molecule has 0 saturated carbocycles. The number of aromatic amines is 1. The van der Waals surface area contributed by atoms with Crippen molar-refractivity contribution in [2.45, 2.75) is 6.92 Å². The molecule has 0 fully saturated rings. The third-order valence-corrected chi connectivity index (χ3v) is 2.39. The minimum Gasteiger partial charge on any atom is -0.493 e. The second-order valence-corrected chi connectivity index (χ2v) is 3.48. The van der Waals surface area contributed by atoms with Crippen LogP contribution < -0.4 is 10.5 Å². The summed E-state index contributed by atoms with van der Waals surface area (Å²) in [7, 11) is 1.43. The highest BCUT2D eigenvalue weighted by atomic mass is 19.1. The summed E-state index contributed by atoms with van der Waals surface area (Å²) in [5, 5.41) is 6.56. The number of nitrogens with two attached hydrogens (primary N) is 1. The van der Waals surface area contributed by atoms with Crippen LogP contribution in [0, 0.1) is 12.7 Å². The molecule has 0 spiro atoms. The minimum absolute atomic E-state index is 0.198. The highest BCUT2D eigenvalue weighted by Gasteiger charge is 2.15. The van der Waals surface area contributed by atoms with Crippen LogP contribution in [0.5, 0.6) is 5.75 Å². The lowest BCUT2D eigenvalue weighted by Gasteiger charge is -2.10. The summed E-state index contributed by atoms with van der Waals surface area (Å²) in [4.78, 5) is 0. The Morgan fingerprint density at radius 1 is 1.44 bits per heavy atom. The molecule has 0 saturated heterocycles. The Kier molecular flexibility index (Phi) is 2.52. The van der Waals surface area contributed by atoms with E-state index < -0.39 is 5.82 Å². The number of halogens is 1. The Balaban J connectivity index is 2.67. The first-order chi connectivity index (χ1) is 7.63. The van der Waals surface area contributed by atoms with Gasteiger partial charge in [0, 0.05) is 11.6 Å². The second kappa shape index (κ2) is 3.84.